The molecule has 1 aliphatic rings. The molecule has 0 amide bonds. The van der Waals surface area contributed by atoms with Crippen LogP contribution in [0.4, 0.5) is 0 Å². The number of hydrogen-bond acceptors (Lipinski definition) is 5. The van der Waals surface area contributed by atoms with Crippen LogP contribution in [0, 0.1) is 0 Å². The molecule has 0 atom stereocenters. The fraction of sp³-hybridized carbons (Fsp3) is 0.192. The average Bonchev–Trinajstić information content (AvgIpc) is 3.47. The zero-order valence-corrected chi connectivity index (χ0v) is 17.7. The van der Waals surface area contributed by atoms with Crippen molar-refractivity contribution in [2.24, 2.45) is 0 Å². The zero-order chi connectivity index (χ0) is 21.8. The van der Waals surface area contributed by atoms with Crippen molar-refractivity contribution in [3.63, 3.8) is 0 Å². The summed E-state index contributed by atoms with van der Waals surface area (Å²) in [7, 11) is 0. The van der Waals surface area contributed by atoms with Gasteiger partial charge in [-0.3, -0.25) is 4.90 Å². The van der Waals surface area contributed by atoms with E-state index >= 15 is 0 Å². The summed E-state index contributed by atoms with van der Waals surface area (Å²) in [5, 5.41) is 14.6. The Hall–Kier alpha value is -3.61. The van der Waals surface area contributed by atoms with Gasteiger partial charge in [0.25, 0.3) is 0 Å². The molecule has 5 rings (SSSR count). The number of ether oxygens (including phenoxy) is 2. The van der Waals surface area contributed by atoms with Crippen LogP contribution in [0.3, 0.4) is 0 Å². The second kappa shape index (κ2) is 9.26. The van der Waals surface area contributed by atoms with Crippen molar-refractivity contribution in [3.05, 3.63) is 96.2 Å². The summed E-state index contributed by atoms with van der Waals surface area (Å²) in [5.74, 6) is 1.49. The minimum absolute atomic E-state index is 0.0962. The van der Waals surface area contributed by atoms with Crippen LogP contribution < -0.4 is 9.47 Å². The van der Waals surface area contributed by atoms with Crippen LogP contribution in [-0.2, 0) is 13.1 Å². The summed E-state index contributed by atoms with van der Waals surface area (Å²) >= 11 is 0. The predicted octanol–water partition coefficient (Wildman–Crippen LogP) is 4.26. The zero-order valence-electron chi connectivity index (χ0n) is 17.7. The lowest BCUT2D eigenvalue weighted by Crippen LogP contribution is -2.26. The molecule has 1 N–H and O–H groups in total. The number of aromatic nitrogens is 2. The molecular formula is C26H25N3O3. The van der Waals surface area contributed by atoms with Crippen LogP contribution in [0.2, 0.25) is 0 Å². The van der Waals surface area contributed by atoms with Gasteiger partial charge >= 0.3 is 0 Å². The largest absolute Gasteiger partial charge is 0.454 e. The second-order valence-corrected chi connectivity index (χ2v) is 7.77. The molecule has 2 heterocycles. The summed E-state index contributed by atoms with van der Waals surface area (Å²) in [5.41, 5.74) is 5.15. The van der Waals surface area contributed by atoms with Gasteiger partial charge in [0.15, 0.2) is 11.5 Å². The van der Waals surface area contributed by atoms with Crippen molar-refractivity contribution in [2.75, 3.05) is 19.9 Å². The van der Waals surface area contributed by atoms with Crippen molar-refractivity contribution in [1.82, 2.24) is 14.7 Å². The van der Waals surface area contributed by atoms with E-state index in [-0.39, 0.29) is 13.4 Å². The van der Waals surface area contributed by atoms with E-state index in [1.54, 1.807) is 0 Å². The maximum absolute atomic E-state index is 9.68. The summed E-state index contributed by atoms with van der Waals surface area (Å²) < 4.78 is 13.0. The maximum atomic E-state index is 9.68. The second-order valence-electron chi connectivity index (χ2n) is 7.77. The molecule has 0 bridgehead atoms. The van der Waals surface area contributed by atoms with Crippen molar-refractivity contribution in [2.45, 2.75) is 13.1 Å². The fourth-order valence-corrected chi connectivity index (χ4v) is 3.96. The number of hydrogen-bond donors (Lipinski definition) is 1. The SMILES string of the molecule is OCCN(Cc1ccccc1)Cc1cn(-c2ccccc2)nc1-c1ccc2c(c1)OCO2. The van der Waals surface area contributed by atoms with Gasteiger partial charge in [-0.15, -0.1) is 0 Å². The Morgan fingerprint density at radius 2 is 1.62 bits per heavy atom. The molecule has 6 nitrogen and oxygen atoms in total. The van der Waals surface area contributed by atoms with Gasteiger partial charge in [-0.1, -0.05) is 48.5 Å². The number of benzene rings is 3. The number of aliphatic hydroxyl groups is 1. The molecule has 3 aromatic carbocycles. The van der Waals surface area contributed by atoms with E-state index < -0.39 is 0 Å². The van der Waals surface area contributed by atoms with Gasteiger partial charge in [0, 0.05) is 37.0 Å². The third-order valence-corrected chi connectivity index (χ3v) is 5.52. The number of fused-ring (bicyclic) bond motifs is 1. The van der Waals surface area contributed by atoms with Crippen molar-refractivity contribution in [3.8, 4) is 28.4 Å². The Bertz CT molecular complexity index is 1180. The Balaban J connectivity index is 1.51. The lowest BCUT2D eigenvalue weighted by molar-refractivity contribution is 0.174. The number of aliphatic hydroxyl groups excluding tert-OH is 1. The van der Waals surface area contributed by atoms with Crippen molar-refractivity contribution < 1.29 is 14.6 Å². The van der Waals surface area contributed by atoms with Crippen LogP contribution >= 0.6 is 0 Å². The monoisotopic (exact) mass is 427 g/mol. The molecule has 0 saturated carbocycles. The van der Waals surface area contributed by atoms with Gasteiger partial charge < -0.3 is 14.6 Å². The Labute approximate surface area is 187 Å². The third-order valence-electron chi connectivity index (χ3n) is 5.52. The molecule has 32 heavy (non-hydrogen) atoms. The highest BCUT2D eigenvalue weighted by Gasteiger charge is 2.19. The molecule has 162 valence electrons. The van der Waals surface area contributed by atoms with Crippen LogP contribution in [-0.4, -0.2) is 39.7 Å². The molecule has 1 aromatic heterocycles. The maximum Gasteiger partial charge on any atom is 0.231 e. The van der Waals surface area contributed by atoms with E-state index in [2.05, 4.69) is 23.2 Å². The Kier molecular flexibility index (Phi) is 5.87. The molecule has 0 unspecified atom stereocenters. The predicted molar refractivity (Wildman–Crippen MR) is 123 cm³/mol. The molecule has 1 aliphatic heterocycles. The van der Waals surface area contributed by atoms with E-state index in [1.807, 2.05) is 71.4 Å². The van der Waals surface area contributed by atoms with Crippen LogP contribution in [0.15, 0.2) is 85.1 Å². The van der Waals surface area contributed by atoms with E-state index in [0.29, 0.717) is 13.1 Å². The molecule has 6 heteroatoms. The first kappa shape index (κ1) is 20.3. The highest BCUT2D eigenvalue weighted by molar-refractivity contribution is 5.67. The Morgan fingerprint density at radius 1 is 0.875 bits per heavy atom. The molecule has 0 aliphatic carbocycles. The van der Waals surface area contributed by atoms with Crippen LogP contribution in [0.5, 0.6) is 11.5 Å². The molecule has 0 fully saturated rings. The number of rotatable bonds is 8. The fourth-order valence-electron chi connectivity index (χ4n) is 3.96. The number of para-hydroxylation sites is 1. The highest BCUT2D eigenvalue weighted by Crippen LogP contribution is 2.36. The topological polar surface area (TPSA) is 59.8 Å². The van der Waals surface area contributed by atoms with Gasteiger partial charge in [-0.2, -0.15) is 5.10 Å². The van der Waals surface area contributed by atoms with Gasteiger partial charge in [-0.25, -0.2) is 4.68 Å². The standard InChI is InChI=1S/C26H25N3O3/c30-14-13-28(16-20-7-3-1-4-8-20)17-22-18-29(23-9-5-2-6-10-23)27-26(22)21-11-12-24-25(15-21)32-19-31-24/h1-12,15,18,30H,13-14,16-17,19H2. The van der Waals surface area contributed by atoms with E-state index in [1.165, 1.54) is 5.56 Å². The summed E-state index contributed by atoms with van der Waals surface area (Å²) in [6, 6.07) is 26.3. The van der Waals surface area contributed by atoms with Gasteiger partial charge in [0.1, 0.15) is 0 Å². The molecule has 0 saturated heterocycles. The first-order valence-corrected chi connectivity index (χ1v) is 10.7. The van der Waals surface area contributed by atoms with Gasteiger partial charge in [-0.05, 0) is 35.9 Å². The quantitative estimate of drug-likeness (QED) is 0.455. The Morgan fingerprint density at radius 3 is 2.41 bits per heavy atom. The highest BCUT2D eigenvalue weighted by atomic mass is 16.7. The summed E-state index contributed by atoms with van der Waals surface area (Å²) in [6.07, 6.45) is 2.07. The van der Waals surface area contributed by atoms with Crippen LogP contribution in [0.25, 0.3) is 16.9 Å². The number of nitrogens with zero attached hydrogens (tertiary/aromatic N) is 3. The van der Waals surface area contributed by atoms with Crippen LogP contribution in [0.1, 0.15) is 11.1 Å². The first-order valence-electron chi connectivity index (χ1n) is 10.7. The molecular weight excluding hydrogens is 402 g/mol. The van der Waals surface area contributed by atoms with E-state index in [9.17, 15) is 5.11 Å². The van der Waals surface area contributed by atoms with Crippen molar-refractivity contribution >= 4 is 0 Å². The van der Waals surface area contributed by atoms with Crippen molar-refractivity contribution in [1.29, 1.82) is 0 Å². The molecule has 0 radical (unpaired) electrons. The van der Waals surface area contributed by atoms with E-state index in [0.717, 1.165) is 40.6 Å². The first-order chi connectivity index (χ1) is 15.8. The van der Waals surface area contributed by atoms with Gasteiger partial charge in [0.05, 0.1) is 18.0 Å². The summed E-state index contributed by atoms with van der Waals surface area (Å²) in [4.78, 5) is 2.23. The third kappa shape index (κ3) is 4.37. The average molecular weight is 428 g/mol. The minimum atomic E-state index is 0.0962. The molecule has 0 spiro atoms. The van der Waals surface area contributed by atoms with E-state index in [4.69, 9.17) is 14.6 Å². The minimum Gasteiger partial charge on any atom is -0.454 e. The van der Waals surface area contributed by atoms with Gasteiger partial charge in [0.2, 0.25) is 6.79 Å². The smallest absolute Gasteiger partial charge is 0.231 e. The normalized spacial score (nSPS) is 12.4. The lowest BCUT2D eigenvalue weighted by atomic mass is 10.1. The summed E-state index contributed by atoms with van der Waals surface area (Å²) in [6.45, 7) is 2.32. The lowest BCUT2D eigenvalue weighted by Gasteiger charge is -2.21. The molecule has 4 aromatic rings.